The van der Waals surface area contributed by atoms with Gasteiger partial charge in [0.2, 0.25) is 0 Å². The molecule has 0 fully saturated rings. The van der Waals surface area contributed by atoms with Crippen molar-refractivity contribution in [2.24, 2.45) is 4.99 Å². The Morgan fingerprint density at radius 1 is 1.27 bits per heavy atom. The van der Waals surface area contributed by atoms with Crippen molar-refractivity contribution in [2.75, 3.05) is 0 Å². The standard InChI is InChI=1S/C5H3N4O2/c10-4-2-3(7-1-6-2)8-5(11)9-4/h1H,(H2,8,9,10,11). The molecule has 1 aromatic rings. The number of nitrogens with one attached hydrogen (secondary N) is 2. The zero-order valence-corrected chi connectivity index (χ0v) is 5.29. The molecule has 0 saturated heterocycles. The average molecular weight is 151 g/mol. The molecule has 0 saturated carbocycles. The molecule has 0 atom stereocenters. The Hall–Kier alpha value is -1.85. The fourth-order valence-electron chi connectivity index (χ4n) is 0.825. The molecule has 1 aliphatic heterocycles. The molecule has 0 amide bonds. The van der Waals surface area contributed by atoms with E-state index >= 15 is 0 Å². The molecular weight excluding hydrogens is 148 g/mol. The summed E-state index contributed by atoms with van der Waals surface area (Å²) in [5.41, 5.74) is -0.922. The summed E-state index contributed by atoms with van der Waals surface area (Å²) >= 11 is 0. The van der Waals surface area contributed by atoms with Gasteiger partial charge in [-0.25, -0.2) is 15.1 Å². The van der Waals surface area contributed by atoms with Gasteiger partial charge in [0.05, 0.1) is 0 Å². The third-order valence-corrected chi connectivity index (χ3v) is 1.27. The minimum Gasteiger partial charge on any atom is -0.290 e. The van der Waals surface area contributed by atoms with Gasteiger partial charge in [0.1, 0.15) is 6.34 Å². The van der Waals surface area contributed by atoms with E-state index in [-0.39, 0.29) is 11.5 Å². The van der Waals surface area contributed by atoms with Crippen LogP contribution in [-0.2, 0) is 0 Å². The molecule has 0 bridgehead atoms. The number of aliphatic imine (C=N–C) groups is 1. The number of fused-ring (bicyclic) bond motifs is 1. The SMILES string of the molecule is O=c1[nH]c2c(c(=O)[nH]1)N=C[N]2. The monoisotopic (exact) mass is 151 g/mol. The Labute approximate surface area is 60.0 Å². The van der Waals surface area contributed by atoms with Crippen LogP contribution in [0.4, 0.5) is 11.5 Å². The van der Waals surface area contributed by atoms with E-state index in [0.717, 1.165) is 0 Å². The molecule has 6 nitrogen and oxygen atoms in total. The normalized spacial score (nSPS) is 12.7. The molecule has 0 spiro atoms. The predicted molar refractivity (Wildman–Crippen MR) is 37.6 cm³/mol. The van der Waals surface area contributed by atoms with Crippen molar-refractivity contribution >= 4 is 17.8 Å². The maximum atomic E-state index is 10.9. The van der Waals surface area contributed by atoms with E-state index in [2.05, 4.69) is 15.3 Å². The van der Waals surface area contributed by atoms with Gasteiger partial charge in [0, 0.05) is 0 Å². The Morgan fingerprint density at radius 2 is 2.09 bits per heavy atom. The summed E-state index contributed by atoms with van der Waals surface area (Å²) in [6.07, 6.45) is 1.22. The topological polar surface area (TPSA) is 92.2 Å². The van der Waals surface area contributed by atoms with Gasteiger partial charge >= 0.3 is 5.69 Å². The van der Waals surface area contributed by atoms with Crippen LogP contribution in [0.2, 0.25) is 0 Å². The van der Waals surface area contributed by atoms with E-state index < -0.39 is 11.2 Å². The lowest BCUT2D eigenvalue weighted by atomic mass is 10.5. The first-order chi connectivity index (χ1) is 5.27. The number of rotatable bonds is 0. The number of H-pyrrole nitrogens is 2. The smallest absolute Gasteiger partial charge is 0.290 e. The fourth-order valence-corrected chi connectivity index (χ4v) is 0.825. The van der Waals surface area contributed by atoms with Gasteiger partial charge in [-0.15, -0.1) is 0 Å². The van der Waals surface area contributed by atoms with Crippen LogP contribution in [0.15, 0.2) is 14.6 Å². The fraction of sp³-hybridized carbons (Fsp3) is 0. The lowest BCUT2D eigenvalue weighted by Gasteiger charge is -1.90. The number of hydrogen-bond donors (Lipinski definition) is 2. The van der Waals surface area contributed by atoms with E-state index in [1.807, 2.05) is 4.98 Å². The largest absolute Gasteiger partial charge is 0.327 e. The van der Waals surface area contributed by atoms with Gasteiger partial charge in [-0.05, 0) is 0 Å². The van der Waals surface area contributed by atoms with Crippen molar-refractivity contribution in [1.82, 2.24) is 15.3 Å². The summed E-state index contributed by atoms with van der Waals surface area (Å²) in [5.74, 6) is 0.221. The van der Waals surface area contributed by atoms with Crippen molar-refractivity contribution in [3.63, 3.8) is 0 Å². The molecule has 0 aliphatic carbocycles. The van der Waals surface area contributed by atoms with Gasteiger partial charge in [-0.1, -0.05) is 0 Å². The molecule has 0 aromatic carbocycles. The molecule has 11 heavy (non-hydrogen) atoms. The summed E-state index contributed by atoms with van der Waals surface area (Å²) < 4.78 is 0. The lowest BCUT2D eigenvalue weighted by Crippen LogP contribution is -2.21. The third-order valence-electron chi connectivity index (χ3n) is 1.27. The zero-order chi connectivity index (χ0) is 7.84. The summed E-state index contributed by atoms with van der Waals surface area (Å²) in [7, 11) is 0. The molecule has 1 aliphatic rings. The van der Waals surface area contributed by atoms with Crippen molar-refractivity contribution in [1.29, 1.82) is 0 Å². The first-order valence-corrected chi connectivity index (χ1v) is 2.87. The van der Waals surface area contributed by atoms with Crippen LogP contribution in [0.25, 0.3) is 0 Å². The van der Waals surface area contributed by atoms with Gasteiger partial charge in [-0.3, -0.25) is 14.8 Å². The maximum absolute atomic E-state index is 10.9. The van der Waals surface area contributed by atoms with E-state index in [1.165, 1.54) is 6.34 Å². The van der Waals surface area contributed by atoms with Crippen molar-refractivity contribution in [3.05, 3.63) is 20.8 Å². The van der Waals surface area contributed by atoms with Crippen LogP contribution in [0.5, 0.6) is 0 Å². The minimum absolute atomic E-state index is 0.157. The van der Waals surface area contributed by atoms with E-state index in [4.69, 9.17) is 0 Å². The van der Waals surface area contributed by atoms with Gasteiger partial charge in [0.25, 0.3) is 5.56 Å². The highest BCUT2D eigenvalue weighted by molar-refractivity contribution is 5.78. The second kappa shape index (κ2) is 1.82. The number of hydrogen-bond acceptors (Lipinski definition) is 3. The first-order valence-electron chi connectivity index (χ1n) is 2.87. The molecular formula is C5H3N4O2. The molecule has 2 heterocycles. The van der Waals surface area contributed by atoms with Gasteiger partial charge in [0.15, 0.2) is 11.5 Å². The Morgan fingerprint density at radius 3 is 2.91 bits per heavy atom. The third kappa shape index (κ3) is 0.759. The highest BCUT2D eigenvalue weighted by atomic mass is 16.2. The van der Waals surface area contributed by atoms with Gasteiger partial charge in [-0.2, -0.15) is 0 Å². The first kappa shape index (κ1) is 5.90. The number of nitrogens with zero attached hydrogens (tertiary/aromatic N) is 2. The molecule has 1 aromatic heterocycles. The minimum atomic E-state index is -0.567. The summed E-state index contributed by atoms with van der Waals surface area (Å²) in [6.45, 7) is 0. The number of aromatic nitrogens is 2. The predicted octanol–water partition coefficient (Wildman–Crippen LogP) is -1.03. The van der Waals surface area contributed by atoms with Crippen LogP contribution < -0.4 is 16.6 Å². The Bertz CT molecular complexity index is 427. The molecule has 55 valence electrons. The molecule has 2 N–H and O–H groups in total. The Kier molecular flexibility index (Phi) is 0.974. The van der Waals surface area contributed by atoms with Crippen LogP contribution in [0, 0.1) is 0 Å². The second-order valence-electron chi connectivity index (χ2n) is 1.98. The number of aromatic amines is 2. The maximum Gasteiger partial charge on any atom is 0.327 e. The second-order valence-corrected chi connectivity index (χ2v) is 1.98. The molecule has 6 heteroatoms. The van der Waals surface area contributed by atoms with Crippen molar-refractivity contribution < 1.29 is 0 Å². The quantitative estimate of drug-likeness (QED) is 0.496. The summed E-state index contributed by atoms with van der Waals surface area (Å²) in [6, 6.07) is 0. The van der Waals surface area contributed by atoms with Crippen LogP contribution in [0.3, 0.4) is 0 Å². The highest BCUT2D eigenvalue weighted by Gasteiger charge is 2.12. The molecule has 1 radical (unpaired) electrons. The van der Waals surface area contributed by atoms with E-state index in [0.29, 0.717) is 0 Å². The summed E-state index contributed by atoms with van der Waals surface area (Å²) in [4.78, 5) is 29.5. The van der Waals surface area contributed by atoms with E-state index in [1.54, 1.807) is 0 Å². The Balaban J connectivity index is 2.87. The van der Waals surface area contributed by atoms with Crippen molar-refractivity contribution in [3.8, 4) is 0 Å². The van der Waals surface area contributed by atoms with Crippen LogP contribution in [-0.4, -0.2) is 16.3 Å². The average Bonchev–Trinajstić information content (AvgIpc) is 2.34. The van der Waals surface area contributed by atoms with E-state index in [9.17, 15) is 9.59 Å². The zero-order valence-electron chi connectivity index (χ0n) is 5.29. The van der Waals surface area contributed by atoms with Gasteiger partial charge < -0.3 is 0 Å². The summed E-state index contributed by atoms with van der Waals surface area (Å²) in [5, 5.41) is 3.65. The van der Waals surface area contributed by atoms with Crippen LogP contribution >= 0.6 is 0 Å². The van der Waals surface area contributed by atoms with Crippen LogP contribution in [0.1, 0.15) is 0 Å². The van der Waals surface area contributed by atoms with Crippen molar-refractivity contribution in [2.45, 2.75) is 0 Å². The molecule has 2 rings (SSSR count). The lowest BCUT2D eigenvalue weighted by molar-refractivity contribution is 1.02. The highest BCUT2D eigenvalue weighted by Crippen LogP contribution is 2.17. The molecule has 0 unspecified atom stereocenters.